The number of halogens is 1. The standard InChI is InChI=1S/C25H18ClN3O4/c1-15(23(30)10-16-2-4-17(5-3-16)22-13-25(32)33-28-22)29-9-8-18(11-24(29)31)21-12-20(26)7-6-19(21)14-27/h2-9,11-12,15H,10,13H2,1H3. The molecule has 4 rings (SSSR count). The van der Waals surface area contributed by atoms with Crippen LogP contribution in [0, 0.1) is 11.3 Å². The van der Waals surface area contributed by atoms with E-state index in [0.717, 1.165) is 11.1 Å². The molecule has 0 aliphatic carbocycles. The number of Topliss-reactive ketones (excluding diaryl/α,β-unsaturated/α-hetero) is 1. The molecule has 33 heavy (non-hydrogen) atoms. The van der Waals surface area contributed by atoms with Crippen LogP contribution in [-0.4, -0.2) is 22.0 Å². The molecule has 3 aromatic rings. The molecule has 164 valence electrons. The Balaban J connectivity index is 1.50. The summed E-state index contributed by atoms with van der Waals surface area (Å²) in [6.07, 6.45) is 1.82. The molecule has 0 N–H and O–H groups in total. The molecule has 1 aliphatic rings. The van der Waals surface area contributed by atoms with Gasteiger partial charge in [0.2, 0.25) is 0 Å². The molecule has 8 heteroatoms. The number of oxime groups is 1. The van der Waals surface area contributed by atoms with Crippen molar-refractivity contribution < 1.29 is 14.4 Å². The van der Waals surface area contributed by atoms with Crippen molar-refractivity contribution in [3.63, 3.8) is 0 Å². The lowest BCUT2D eigenvalue weighted by atomic mass is 10.00. The number of nitrogens with zero attached hydrogens (tertiary/aromatic N) is 3. The quantitative estimate of drug-likeness (QED) is 0.517. The first kappa shape index (κ1) is 22.2. The molecular weight excluding hydrogens is 442 g/mol. The van der Waals surface area contributed by atoms with Crippen molar-refractivity contribution in [2.24, 2.45) is 5.16 Å². The minimum absolute atomic E-state index is 0.124. The lowest BCUT2D eigenvalue weighted by Gasteiger charge is -2.15. The fourth-order valence-electron chi connectivity index (χ4n) is 3.61. The fourth-order valence-corrected chi connectivity index (χ4v) is 3.78. The van der Waals surface area contributed by atoms with E-state index in [0.29, 0.717) is 27.4 Å². The molecule has 0 radical (unpaired) electrons. The smallest absolute Gasteiger partial charge is 0.318 e. The Hall–Kier alpha value is -4.02. The third kappa shape index (κ3) is 4.76. The summed E-state index contributed by atoms with van der Waals surface area (Å²) < 4.78 is 1.37. The third-order valence-electron chi connectivity index (χ3n) is 5.48. The zero-order valence-corrected chi connectivity index (χ0v) is 18.4. The third-order valence-corrected chi connectivity index (χ3v) is 5.71. The number of hydrogen-bond acceptors (Lipinski definition) is 6. The van der Waals surface area contributed by atoms with E-state index in [-0.39, 0.29) is 24.2 Å². The van der Waals surface area contributed by atoms with Crippen molar-refractivity contribution in [2.45, 2.75) is 25.8 Å². The highest BCUT2D eigenvalue weighted by molar-refractivity contribution is 6.30. The Bertz CT molecular complexity index is 1380. The van der Waals surface area contributed by atoms with E-state index in [1.54, 1.807) is 61.7 Å². The Morgan fingerprint density at radius 2 is 1.91 bits per heavy atom. The summed E-state index contributed by atoms with van der Waals surface area (Å²) in [6, 6.07) is 16.5. The van der Waals surface area contributed by atoms with Crippen molar-refractivity contribution in [2.75, 3.05) is 0 Å². The predicted molar refractivity (Wildman–Crippen MR) is 123 cm³/mol. The normalized spacial score (nSPS) is 13.7. The highest BCUT2D eigenvalue weighted by Crippen LogP contribution is 2.26. The Kier molecular flexibility index (Phi) is 6.20. The molecule has 1 unspecified atom stereocenters. The Morgan fingerprint density at radius 3 is 2.55 bits per heavy atom. The van der Waals surface area contributed by atoms with Crippen molar-refractivity contribution >= 4 is 29.1 Å². The maximum absolute atomic E-state index is 12.8. The molecule has 1 atom stereocenters. The molecule has 1 aromatic heterocycles. The maximum Gasteiger partial charge on any atom is 0.341 e. The molecule has 0 saturated carbocycles. The van der Waals surface area contributed by atoms with Crippen LogP contribution in [0.2, 0.25) is 5.02 Å². The average molecular weight is 460 g/mol. The maximum atomic E-state index is 12.8. The van der Waals surface area contributed by atoms with E-state index in [2.05, 4.69) is 16.1 Å². The molecular formula is C25H18ClN3O4. The SMILES string of the molecule is CC(C(=O)Cc1ccc(C2=NOC(=O)C2)cc1)n1ccc(-c2cc(Cl)ccc2C#N)cc1=O. The van der Waals surface area contributed by atoms with Gasteiger partial charge in [0.05, 0.1) is 29.8 Å². The number of carbonyl (C=O) groups excluding carboxylic acids is 2. The lowest BCUT2D eigenvalue weighted by Crippen LogP contribution is -2.28. The molecule has 0 spiro atoms. The van der Waals surface area contributed by atoms with Gasteiger partial charge in [0.25, 0.3) is 5.56 Å². The average Bonchev–Trinajstić information content (AvgIpc) is 3.25. The monoisotopic (exact) mass is 459 g/mol. The number of rotatable bonds is 6. The van der Waals surface area contributed by atoms with Crippen molar-refractivity contribution in [3.05, 3.63) is 92.9 Å². The van der Waals surface area contributed by atoms with E-state index >= 15 is 0 Å². The van der Waals surface area contributed by atoms with Crippen LogP contribution in [0.3, 0.4) is 0 Å². The van der Waals surface area contributed by atoms with Gasteiger partial charge in [-0.15, -0.1) is 0 Å². The zero-order chi connectivity index (χ0) is 23.5. The van der Waals surface area contributed by atoms with E-state index in [1.807, 2.05) is 0 Å². The van der Waals surface area contributed by atoms with Gasteiger partial charge in [0.1, 0.15) is 0 Å². The number of nitriles is 1. The Morgan fingerprint density at radius 1 is 1.15 bits per heavy atom. The van der Waals surface area contributed by atoms with Crippen molar-refractivity contribution in [3.8, 4) is 17.2 Å². The number of carbonyl (C=O) groups is 2. The highest BCUT2D eigenvalue weighted by Gasteiger charge is 2.20. The number of pyridine rings is 1. The molecule has 0 saturated heterocycles. The van der Waals surface area contributed by atoms with Crippen molar-refractivity contribution in [1.82, 2.24) is 4.57 Å². The summed E-state index contributed by atoms with van der Waals surface area (Å²) in [5.74, 6) is -0.525. The fraction of sp³-hybridized carbons (Fsp3) is 0.160. The summed E-state index contributed by atoms with van der Waals surface area (Å²) in [5, 5.41) is 13.5. The van der Waals surface area contributed by atoms with E-state index in [4.69, 9.17) is 11.6 Å². The molecule has 0 amide bonds. The van der Waals surface area contributed by atoms with E-state index < -0.39 is 12.0 Å². The van der Waals surface area contributed by atoms with Crippen LogP contribution in [0.5, 0.6) is 0 Å². The number of ketones is 1. The van der Waals surface area contributed by atoms with Crippen LogP contribution in [0.4, 0.5) is 0 Å². The van der Waals surface area contributed by atoms with Crippen LogP contribution in [0.1, 0.15) is 36.1 Å². The van der Waals surface area contributed by atoms with Crippen LogP contribution in [-0.2, 0) is 20.8 Å². The summed E-state index contributed by atoms with van der Waals surface area (Å²) >= 11 is 6.05. The molecule has 0 bridgehead atoms. The molecule has 2 heterocycles. The summed E-state index contributed by atoms with van der Waals surface area (Å²) in [4.78, 5) is 41.4. The second kappa shape index (κ2) is 9.23. The first-order valence-electron chi connectivity index (χ1n) is 10.2. The largest absolute Gasteiger partial charge is 0.341 e. The highest BCUT2D eigenvalue weighted by atomic mass is 35.5. The van der Waals surface area contributed by atoms with E-state index in [1.165, 1.54) is 10.6 Å². The molecule has 7 nitrogen and oxygen atoms in total. The Labute approximate surface area is 194 Å². The van der Waals surface area contributed by atoms with Gasteiger partial charge < -0.3 is 9.40 Å². The molecule has 1 aliphatic heterocycles. The number of benzene rings is 2. The van der Waals surface area contributed by atoms with Gasteiger partial charge in [-0.25, -0.2) is 4.79 Å². The second-order valence-corrected chi connectivity index (χ2v) is 8.09. The van der Waals surface area contributed by atoms with Crippen LogP contribution in [0.25, 0.3) is 11.1 Å². The van der Waals surface area contributed by atoms with Gasteiger partial charge in [-0.1, -0.05) is 41.0 Å². The molecule has 0 fully saturated rings. The van der Waals surface area contributed by atoms with Gasteiger partial charge in [-0.05, 0) is 47.9 Å². The lowest BCUT2D eigenvalue weighted by molar-refractivity contribution is -0.140. The van der Waals surface area contributed by atoms with Gasteiger partial charge in [0.15, 0.2) is 5.78 Å². The van der Waals surface area contributed by atoms with Gasteiger partial charge >= 0.3 is 5.97 Å². The summed E-state index contributed by atoms with van der Waals surface area (Å²) in [5.41, 5.74) is 3.27. The first-order chi connectivity index (χ1) is 15.9. The minimum atomic E-state index is -0.675. The van der Waals surface area contributed by atoms with Crippen LogP contribution >= 0.6 is 11.6 Å². The summed E-state index contributed by atoms with van der Waals surface area (Å²) in [6.45, 7) is 1.67. The summed E-state index contributed by atoms with van der Waals surface area (Å²) in [7, 11) is 0. The van der Waals surface area contributed by atoms with Gasteiger partial charge in [-0.2, -0.15) is 5.26 Å². The van der Waals surface area contributed by atoms with Gasteiger partial charge in [-0.3, -0.25) is 9.59 Å². The second-order valence-electron chi connectivity index (χ2n) is 7.66. The predicted octanol–water partition coefficient (Wildman–Crippen LogP) is 4.06. The van der Waals surface area contributed by atoms with Crippen LogP contribution in [0.15, 0.2) is 70.7 Å². The molecule has 2 aromatic carbocycles. The number of hydrogen-bond donors (Lipinski definition) is 0. The zero-order valence-electron chi connectivity index (χ0n) is 17.6. The number of aromatic nitrogens is 1. The first-order valence-corrected chi connectivity index (χ1v) is 10.5. The van der Waals surface area contributed by atoms with Gasteiger partial charge in [0, 0.05) is 29.3 Å². The minimum Gasteiger partial charge on any atom is -0.318 e. The topological polar surface area (TPSA) is 102 Å². The van der Waals surface area contributed by atoms with E-state index in [9.17, 15) is 19.6 Å². The van der Waals surface area contributed by atoms with Crippen molar-refractivity contribution in [1.29, 1.82) is 5.26 Å². The van der Waals surface area contributed by atoms with Crippen LogP contribution < -0.4 is 5.56 Å².